The molecule has 0 saturated heterocycles. The second-order valence-electron chi connectivity index (χ2n) is 8.33. The minimum Gasteiger partial charge on any atom is -0.490 e. The van der Waals surface area contributed by atoms with Gasteiger partial charge < -0.3 is 14.2 Å². The van der Waals surface area contributed by atoms with Crippen molar-refractivity contribution in [2.45, 2.75) is 46.5 Å². The number of carbonyl (C=O) groups is 1. The first-order chi connectivity index (χ1) is 17.8. The van der Waals surface area contributed by atoms with Crippen molar-refractivity contribution in [1.82, 2.24) is 9.66 Å². The smallest absolute Gasteiger partial charge is 0.344 e. The molecule has 2 aromatic carbocycles. The average molecular weight is 570 g/mol. The van der Waals surface area contributed by atoms with Gasteiger partial charge in [-0.05, 0) is 62.6 Å². The maximum Gasteiger partial charge on any atom is 0.344 e. The fraction of sp³-hybridized carbons (Fsp3) is 0.357. The fourth-order valence-electron chi connectivity index (χ4n) is 3.73. The molecule has 8 nitrogen and oxygen atoms in total. The molecular formula is C28H32BrN3O5. The second-order valence-corrected chi connectivity index (χ2v) is 9.24. The lowest BCUT2D eigenvalue weighted by Crippen LogP contribution is -2.23. The van der Waals surface area contributed by atoms with Crippen LogP contribution in [0.25, 0.3) is 10.9 Å². The molecule has 3 rings (SSSR count). The van der Waals surface area contributed by atoms with Crippen molar-refractivity contribution >= 4 is 39.0 Å². The van der Waals surface area contributed by atoms with Gasteiger partial charge in [-0.25, -0.2) is 9.78 Å². The monoisotopic (exact) mass is 569 g/mol. The van der Waals surface area contributed by atoms with Gasteiger partial charge in [-0.3, -0.25) is 4.79 Å². The number of rotatable bonds is 12. The molecule has 0 N–H and O–H groups in total. The summed E-state index contributed by atoms with van der Waals surface area (Å²) in [5.74, 6) is 1.05. The summed E-state index contributed by atoms with van der Waals surface area (Å²) in [6.07, 6.45) is 4.61. The third kappa shape index (κ3) is 6.85. The van der Waals surface area contributed by atoms with Crippen LogP contribution in [0.1, 0.15) is 57.0 Å². The van der Waals surface area contributed by atoms with E-state index in [0.717, 1.165) is 16.5 Å². The topological polar surface area (TPSA) is 92.0 Å². The Morgan fingerprint density at radius 3 is 2.65 bits per heavy atom. The Hall–Kier alpha value is -3.46. The third-order valence-electron chi connectivity index (χ3n) is 5.67. The van der Waals surface area contributed by atoms with E-state index in [2.05, 4.69) is 27.6 Å². The Labute approximate surface area is 225 Å². The molecule has 1 atom stereocenters. The largest absolute Gasteiger partial charge is 0.490 e. The Morgan fingerprint density at radius 2 is 1.97 bits per heavy atom. The highest BCUT2D eigenvalue weighted by atomic mass is 79.9. The fourth-order valence-corrected chi connectivity index (χ4v) is 4.09. The van der Waals surface area contributed by atoms with Crippen LogP contribution in [0.5, 0.6) is 11.5 Å². The molecule has 0 aliphatic carbocycles. The van der Waals surface area contributed by atoms with Gasteiger partial charge >= 0.3 is 5.97 Å². The van der Waals surface area contributed by atoms with Crippen molar-refractivity contribution in [2.75, 3.05) is 19.8 Å². The molecule has 0 spiro atoms. The van der Waals surface area contributed by atoms with Crippen molar-refractivity contribution in [3.05, 3.63) is 74.8 Å². The zero-order valence-electron chi connectivity index (χ0n) is 21.6. The number of hydrogen-bond acceptors (Lipinski definition) is 7. The summed E-state index contributed by atoms with van der Waals surface area (Å²) in [5, 5.41) is 5.04. The van der Waals surface area contributed by atoms with Gasteiger partial charge in [0.05, 0.1) is 30.3 Å². The normalized spacial score (nSPS) is 12.0. The van der Waals surface area contributed by atoms with E-state index in [0.29, 0.717) is 46.8 Å². The van der Waals surface area contributed by atoms with Gasteiger partial charge in [-0.1, -0.05) is 35.9 Å². The van der Waals surface area contributed by atoms with E-state index in [1.54, 1.807) is 31.3 Å². The van der Waals surface area contributed by atoms with Gasteiger partial charge in [0.2, 0.25) is 0 Å². The first-order valence-electron chi connectivity index (χ1n) is 12.3. The summed E-state index contributed by atoms with van der Waals surface area (Å²) in [4.78, 5) is 30.0. The summed E-state index contributed by atoms with van der Waals surface area (Å²) in [5.41, 5.74) is 1.84. The minimum atomic E-state index is -0.465. The molecule has 0 fully saturated rings. The SMILES string of the molecule is C=CCc1cc(C=Nn2c([C@@H](C)CC)nc3ccc(Br)cc3c2=O)cc(OCC)c1OCC(=O)OCC. The number of hydrogen-bond donors (Lipinski definition) is 0. The van der Waals surface area contributed by atoms with Gasteiger partial charge in [-0.15, -0.1) is 6.58 Å². The van der Waals surface area contributed by atoms with E-state index >= 15 is 0 Å². The summed E-state index contributed by atoms with van der Waals surface area (Å²) in [7, 11) is 0. The number of ether oxygens (including phenoxy) is 3. The Balaban J connectivity index is 2.10. The van der Waals surface area contributed by atoms with Gasteiger partial charge in [-0.2, -0.15) is 9.78 Å². The molecule has 0 unspecified atom stereocenters. The quantitative estimate of drug-likeness (QED) is 0.159. The molecule has 37 heavy (non-hydrogen) atoms. The first kappa shape index (κ1) is 28.1. The van der Waals surface area contributed by atoms with Crippen molar-refractivity contribution < 1.29 is 19.0 Å². The highest BCUT2D eigenvalue weighted by molar-refractivity contribution is 9.10. The lowest BCUT2D eigenvalue weighted by Gasteiger charge is -2.16. The summed E-state index contributed by atoms with van der Waals surface area (Å²) in [6, 6.07) is 9.07. The van der Waals surface area contributed by atoms with E-state index in [4.69, 9.17) is 19.2 Å². The second kappa shape index (κ2) is 13.2. The van der Waals surface area contributed by atoms with Crippen LogP contribution in [0.4, 0.5) is 0 Å². The maximum atomic E-state index is 13.4. The number of aromatic nitrogens is 2. The lowest BCUT2D eigenvalue weighted by molar-refractivity contribution is -0.145. The molecular weight excluding hydrogens is 538 g/mol. The predicted molar refractivity (Wildman–Crippen MR) is 149 cm³/mol. The molecule has 9 heteroatoms. The molecule has 0 bridgehead atoms. The number of fused-ring (bicyclic) bond motifs is 1. The zero-order chi connectivity index (χ0) is 26.9. The molecule has 1 aromatic heterocycles. The van der Waals surface area contributed by atoms with Gasteiger partial charge in [0, 0.05) is 16.0 Å². The molecule has 0 amide bonds. The summed E-state index contributed by atoms with van der Waals surface area (Å²) < 4.78 is 18.7. The lowest BCUT2D eigenvalue weighted by atomic mass is 10.1. The van der Waals surface area contributed by atoms with Crippen molar-refractivity contribution in [2.24, 2.45) is 5.10 Å². The number of benzene rings is 2. The van der Waals surface area contributed by atoms with Crippen LogP contribution in [0.3, 0.4) is 0 Å². The highest BCUT2D eigenvalue weighted by Gasteiger charge is 2.17. The molecule has 0 aliphatic heterocycles. The van der Waals surface area contributed by atoms with E-state index in [-0.39, 0.29) is 24.7 Å². The van der Waals surface area contributed by atoms with Crippen LogP contribution >= 0.6 is 15.9 Å². The standard InChI is InChI=1S/C28H32BrN3O5/c1-6-10-20-13-19(14-24(35-8-3)26(20)37-17-25(33)36-9-4)16-30-32-27(18(5)7-2)31-23-12-11-21(29)15-22(23)28(32)34/h6,11-16,18H,1,7-10,17H2,2-5H3/t18-/m0/s1. The van der Waals surface area contributed by atoms with E-state index in [1.165, 1.54) is 4.68 Å². The Bertz CT molecular complexity index is 1370. The summed E-state index contributed by atoms with van der Waals surface area (Å²) >= 11 is 3.43. The van der Waals surface area contributed by atoms with E-state index in [9.17, 15) is 9.59 Å². The zero-order valence-corrected chi connectivity index (χ0v) is 23.2. The molecule has 0 radical (unpaired) electrons. The molecule has 0 aliphatic rings. The van der Waals surface area contributed by atoms with Gasteiger partial charge in [0.15, 0.2) is 18.1 Å². The average Bonchev–Trinajstić information content (AvgIpc) is 2.88. The number of nitrogens with zero attached hydrogens (tertiary/aromatic N) is 3. The van der Waals surface area contributed by atoms with Gasteiger partial charge in [0.1, 0.15) is 5.82 Å². The Morgan fingerprint density at radius 1 is 1.19 bits per heavy atom. The van der Waals surface area contributed by atoms with Crippen LogP contribution in [-0.2, 0) is 16.0 Å². The van der Waals surface area contributed by atoms with Crippen LogP contribution in [0, 0.1) is 0 Å². The predicted octanol–water partition coefficient (Wildman–Crippen LogP) is 5.62. The van der Waals surface area contributed by atoms with E-state index in [1.807, 2.05) is 39.0 Å². The molecule has 1 heterocycles. The Kier molecular flexibility index (Phi) is 10.0. The van der Waals surface area contributed by atoms with Crippen LogP contribution in [0.15, 0.2) is 57.4 Å². The number of esters is 1. The number of halogens is 1. The maximum absolute atomic E-state index is 13.4. The minimum absolute atomic E-state index is 0.0202. The molecule has 196 valence electrons. The molecule has 0 saturated carbocycles. The van der Waals surface area contributed by atoms with Crippen molar-refractivity contribution in [3.63, 3.8) is 0 Å². The van der Waals surface area contributed by atoms with Crippen molar-refractivity contribution in [3.8, 4) is 11.5 Å². The first-order valence-corrected chi connectivity index (χ1v) is 13.1. The van der Waals surface area contributed by atoms with Crippen molar-refractivity contribution in [1.29, 1.82) is 0 Å². The van der Waals surface area contributed by atoms with E-state index < -0.39 is 5.97 Å². The third-order valence-corrected chi connectivity index (χ3v) is 6.16. The number of carbonyl (C=O) groups excluding carboxylic acids is 1. The van der Waals surface area contributed by atoms with Crippen LogP contribution in [-0.4, -0.2) is 41.7 Å². The van der Waals surface area contributed by atoms with Gasteiger partial charge in [0.25, 0.3) is 5.56 Å². The summed E-state index contributed by atoms with van der Waals surface area (Å²) in [6.45, 7) is 11.9. The molecule has 3 aromatic rings. The number of allylic oxidation sites excluding steroid dienone is 1. The highest BCUT2D eigenvalue weighted by Crippen LogP contribution is 2.34. The van der Waals surface area contributed by atoms with Crippen LogP contribution in [0.2, 0.25) is 0 Å². The van der Waals surface area contributed by atoms with Crippen LogP contribution < -0.4 is 15.0 Å².